The van der Waals surface area contributed by atoms with Gasteiger partial charge in [0.25, 0.3) is 0 Å². The van der Waals surface area contributed by atoms with Gasteiger partial charge in [-0.2, -0.15) is 0 Å². The third-order valence-electron chi connectivity index (χ3n) is 3.62. The lowest BCUT2D eigenvalue weighted by atomic mass is 9.76. The van der Waals surface area contributed by atoms with Crippen LogP contribution in [0, 0.1) is 11.3 Å². The molecule has 0 aromatic carbocycles. The number of nitrogens with two attached hydrogens (primary N) is 1. The molecule has 1 rings (SSSR count). The summed E-state index contributed by atoms with van der Waals surface area (Å²) in [5.41, 5.74) is 6.09. The van der Waals surface area contributed by atoms with Crippen molar-refractivity contribution in [3.8, 4) is 0 Å². The van der Waals surface area contributed by atoms with Crippen LogP contribution in [0.5, 0.6) is 0 Å². The van der Waals surface area contributed by atoms with Crippen LogP contribution in [0.2, 0.25) is 0 Å². The van der Waals surface area contributed by atoms with E-state index in [-0.39, 0.29) is 0 Å². The summed E-state index contributed by atoms with van der Waals surface area (Å²) >= 11 is 5.36. The van der Waals surface area contributed by atoms with Gasteiger partial charge in [0, 0.05) is 15.9 Å². The van der Waals surface area contributed by atoms with Crippen molar-refractivity contribution in [2.45, 2.75) is 46.6 Å². The summed E-state index contributed by atoms with van der Waals surface area (Å²) < 4.78 is 1.22. The zero-order chi connectivity index (χ0) is 14.3. The lowest BCUT2D eigenvalue weighted by Crippen LogP contribution is -2.25. The molecule has 1 unspecified atom stereocenters. The molecule has 2 nitrogen and oxygen atoms in total. The van der Waals surface area contributed by atoms with Gasteiger partial charge in [-0.3, -0.25) is 0 Å². The molecular formula is C15H27BrN2S. The van der Waals surface area contributed by atoms with Gasteiger partial charge in [-0.05, 0) is 71.1 Å². The van der Waals surface area contributed by atoms with Gasteiger partial charge in [-0.15, -0.1) is 11.3 Å². The second-order valence-electron chi connectivity index (χ2n) is 6.15. The Kier molecular flexibility index (Phi) is 7.58. The fourth-order valence-corrected chi connectivity index (χ4v) is 3.80. The molecule has 1 heterocycles. The maximum atomic E-state index is 5.72. The van der Waals surface area contributed by atoms with Crippen molar-refractivity contribution in [3.05, 3.63) is 20.8 Å². The molecule has 1 aromatic heterocycles. The molecule has 4 heteroatoms. The van der Waals surface area contributed by atoms with Crippen molar-refractivity contribution in [1.29, 1.82) is 0 Å². The van der Waals surface area contributed by atoms with E-state index in [1.165, 1.54) is 22.2 Å². The van der Waals surface area contributed by atoms with Gasteiger partial charge in [0.15, 0.2) is 0 Å². The minimum absolute atomic E-state index is 0.371. The highest BCUT2D eigenvalue weighted by Gasteiger charge is 2.22. The van der Waals surface area contributed by atoms with Crippen LogP contribution in [0.15, 0.2) is 15.9 Å². The smallest absolute Gasteiger partial charge is 0.0327 e. The number of halogens is 1. The summed E-state index contributed by atoms with van der Waals surface area (Å²) in [5.74, 6) is 0.729. The summed E-state index contributed by atoms with van der Waals surface area (Å²) in [7, 11) is 0. The van der Waals surface area contributed by atoms with Gasteiger partial charge >= 0.3 is 0 Å². The number of thiophene rings is 1. The normalized spacial score (nSPS) is 13.7. The molecule has 0 bridgehead atoms. The molecule has 3 N–H and O–H groups in total. The largest absolute Gasteiger partial charge is 0.330 e. The van der Waals surface area contributed by atoms with Crippen molar-refractivity contribution < 1.29 is 0 Å². The fourth-order valence-electron chi connectivity index (χ4n) is 2.34. The molecule has 0 aliphatic rings. The van der Waals surface area contributed by atoms with Crippen LogP contribution in [0.1, 0.15) is 44.9 Å². The van der Waals surface area contributed by atoms with Crippen molar-refractivity contribution in [2.75, 3.05) is 13.1 Å². The molecule has 0 saturated heterocycles. The van der Waals surface area contributed by atoms with E-state index in [4.69, 9.17) is 5.73 Å². The average Bonchev–Trinajstić information content (AvgIpc) is 2.72. The molecule has 110 valence electrons. The standard InChI is InChI=1S/C15H27BrN2S/c1-15(2,3)12(6-8-17)5-4-9-18-11-14-13(16)7-10-19-14/h7,10,12,18H,4-6,8-9,11,17H2,1-3H3. The Morgan fingerprint density at radius 3 is 2.63 bits per heavy atom. The van der Waals surface area contributed by atoms with Crippen LogP contribution in [-0.4, -0.2) is 13.1 Å². The van der Waals surface area contributed by atoms with Gasteiger partial charge in [0.05, 0.1) is 0 Å². The topological polar surface area (TPSA) is 38.0 Å². The first-order valence-electron chi connectivity index (χ1n) is 7.07. The summed E-state index contributed by atoms with van der Waals surface area (Å²) in [4.78, 5) is 1.38. The third kappa shape index (κ3) is 6.39. The van der Waals surface area contributed by atoms with E-state index >= 15 is 0 Å². The predicted octanol–water partition coefficient (Wildman–Crippen LogP) is 4.39. The molecule has 0 fully saturated rings. The van der Waals surface area contributed by atoms with Crippen LogP contribution >= 0.6 is 27.3 Å². The van der Waals surface area contributed by atoms with E-state index < -0.39 is 0 Å². The highest BCUT2D eigenvalue weighted by molar-refractivity contribution is 9.10. The minimum Gasteiger partial charge on any atom is -0.330 e. The van der Waals surface area contributed by atoms with Gasteiger partial charge < -0.3 is 11.1 Å². The third-order valence-corrected chi connectivity index (χ3v) is 5.55. The molecule has 0 aliphatic heterocycles. The monoisotopic (exact) mass is 346 g/mol. The maximum Gasteiger partial charge on any atom is 0.0327 e. The zero-order valence-electron chi connectivity index (χ0n) is 12.3. The average molecular weight is 347 g/mol. The summed E-state index contributed by atoms with van der Waals surface area (Å²) in [6, 6.07) is 2.11. The first kappa shape index (κ1) is 17.2. The minimum atomic E-state index is 0.371. The molecule has 0 amide bonds. The van der Waals surface area contributed by atoms with E-state index in [9.17, 15) is 0 Å². The van der Waals surface area contributed by atoms with E-state index in [1.54, 1.807) is 11.3 Å². The summed E-state index contributed by atoms with van der Waals surface area (Å²) in [5, 5.41) is 5.65. The van der Waals surface area contributed by atoms with Crippen molar-refractivity contribution in [1.82, 2.24) is 5.32 Å². The SMILES string of the molecule is CC(C)(C)C(CCN)CCCNCc1sccc1Br. The first-order valence-corrected chi connectivity index (χ1v) is 8.75. The Balaban J connectivity index is 2.20. The second kappa shape index (κ2) is 8.40. The second-order valence-corrected chi connectivity index (χ2v) is 8.01. The van der Waals surface area contributed by atoms with Gasteiger partial charge in [0.2, 0.25) is 0 Å². The highest BCUT2D eigenvalue weighted by atomic mass is 79.9. The van der Waals surface area contributed by atoms with Gasteiger partial charge in [-0.25, -0.2) is 0 Å². The van der Waals surface area contributed by atoms with Crippen molar-refractivity contribution in [3.63, 3.8) is 0 Å². The molecule has 0 radical (unpaired) electrons. The number of hydrogen-bond donors (Lipinski definition) is 2. The van der Waals surface area contributed by atoms with Crippen molar-refractivity contribution in [2.24, 2.45) is 17.1 Å². The Morgan fingerprint density at radius 1 is 1.37 bits per heavy atom. The fraction of sp³-hybridized carbons (Fsp3) is 0.733. The van der Waals surface area contributed by atoms with Crippen LogP contribution in [0.4, 0.5) is 0 Å². The lowest BCUT2D eigenvalue weighted by molar-refractivity contribution is 0.210. The lowest BCUT2D eigenvalue weighted by Gasteiger charge is -2.30. The highest BCUT2D eigenvalue weighted by Crippen LogP contribution is 2.31. The van der Waals surface area contributed by atoms with Crippen molar-refractivity contribution >= 4 is 27.3 Å². The Morgan fingerprint density at radius 2 is 2.11 bits per heavy atom. The van der Waals surface area contributed by atoms with E-state index in [2.05, 4.69) is 53.5 Å². The summed E-state index contributed by atoms with van der Waals surface area (Å²) in [6.07, 6.45) is 3.63. The van der Waals surface area contributed by atoms with Crippen LogP contribution in [0.3, 0.4) is 0 Å². The number of hydrogen-bond acceptors (Lipinski definition) is 3. The predicted molar refractivity (Wildman–Crippen MR) is 89.6 cm³/mol. The van der Waals surface area contributed by atoms with E-state index in [0.29, 0.717) is 5.41 Å². The quantitative estimate of drug-likeness (QED) is 0.685. The molecule has 0 aliphatic carbocycles. The van der Waals surface area contributed by atoms with Crippen LogP contribution in [-0.2, 0) is 6.54 Å². The molecule has 1 aromatic rings. The van der Waals surface area contributed by atoms with Gasteiger partial charge in [-0.1, -0.05) is 20.8 Å². The Bertz CT molecular complexity index is 357. The molecule has 0 saturated carbocycles. The molecule has 0 spiro atoms. The number of nitrogens with one attached hydrogen (secondary N) is 1. The van der Waals surface area contributed by atoms with Crippen LogP contribution in [0.25, 0.3) is 0 Å². The summed E-state index contributed by atoms with van der Waals surface area (Å²) in [6.45, 7) is 9.82. The maximum absolute atomic E-state index is 5.72. The molecule has 19 heavy (non-hydrogen) atoms. The number of rotatable bonds is 8. The zero-order valence-corrected chi connectivity index (χ0v) is 14.7. The van der Waals surface area contributed by atoms with Gasteiger partial charge in [0.1, 0.15) is 0 Å². The van der Waals surface area contributed by atoms with E-state index in [1.807, 2.05) is 0 Å². The Labute approximate surface area is 130 Å². The van der Waals surface area contributed by atoms with Crippen LogP contribution < -0.4 is 11.1 Å². The first-order chi connectivity index (χ1) is 8.95. The molecular weight excluding hydrogens is 320 g/mol. The van der Waals surface area contributed by atoms with E-state index in [0.717, 1.165) is 32.0 Å². The Hall–Kier alpha value is 0.100. The molecule has 1 atom stereocenters.